The number of carboxylic acids is 1. The summed E-state index contributed by atoms with van der Waals surface area (Å²) in [5, 5.41) is 14.4. The van der Waals surface area contributed by atoms with Gasteiger partial charge in [-0.1, -0.05) is 46.5 Å². The first kappa shape index (κ1) is 18.7. The molecule has 0 fully saturated rings. The molecule has 0 aliphatic heterocycles. The van der Waals surface area contributed by atoms with Crippen LogP contribution in [0.25, 0.3) is 0 Å². The molecular weight excluding hydrogens is 256 g/mol. The van der Waals surface area contributed by atoms with Gasteiger partial charge in [-0.2, -0.15) is 0 Å². The molecule has 0 radical (unpaired) electrons. The molecule has 0 heterocycles. The van der Waals surface area contributed by atoms with E-state index in [1.807, 2.05) is 6.92 Å². The standard InChI is InChI=1S/C15H30N2O3/c1-4-7-8-12(5-2)10-16-15(20)17-11-13(6-3)9-14(18)19/h12-13H,4-11H2,1-3H3,(H,18,19)(H2,16,17,20). The van der Waals surface area contributed by atoms with Crippen LogP contribution in [0, 0.1) is 11.8 Å². The van der Waals surface area contributed by atoms with Crippen molar-refractivity contribution in [1.82, 2.24) is 10.6 Å². The van der Waals surface area contributed by atoms with Gasteiger partial charge in [-0.25, -0.2) is 4.79 Å². The van der Waals surface area contributed by atoms with Crippen LogP contribution in [0.4, 0.5) is 4.79 Å². The van der Waals surface area contributed by atoms with Crippen LogP contribution in [0.15, 0.2) is 0 Å². The molecule has 0 aromatic heterocycles. The number of unbranched alkanes of at least 4 members (excludes halogenated alkanes) is 1. The van der Waals surface area contributed by atoms with Crippen LogP contribution in [0.5, 0.6) is 0 Å². The van der Waals surface area contributed by atoms with Crippen LogP contribution in [0.1, 0.15) is 59.3 Å². The van der Waals surface area contributed by atoms with Gasteiger partial charge in [-0.15, -0.1) is 0 Å². The molecule has 2 unspecified atom stereocenters. The lowest BCUT2D eigenvalue weighted by Crippen LogP contribution is -2.40. The van der Waals surface area contributed by atoms with Gasteiger partial charge in [0, 0.05) is 19.5 Å². The number of hydrogen-bond donors (Lipinski definition) is 3. The van der Waals surface area contributed by atoms with E-state index in [0.29, 0.717) is 19.0 Å². The average Bonchev–Trinajstić information content (AvgIpc) is 2.43. The van der Waals surface area contributed by atoms with Gasteiger partial charge in [0.05, 0.1) is 0 Å². The van der Waals surface area contributed by atoms with Gasteiger partial charge >= 0.3 is 12.0 Å². The van der Waals surface area contributed by atoms with Gasteiger partial charge in [0.1, 0.15) is 0 Å². The quantitative estimate of drug-likeness (QED) is 0.546. The Morgan fingerprint density at radius 1 is 1.00 bits per heavy atom. The van der Waals surface area contributed by atoms with Crippen LogP contribution in [0.3, 0.4) is 0 Å². The summed E-state index contributed by atoms with van der Waals surface area (Å²) in [6.45, 7) is 7.35. The molecule has 0 aromatic rings. The molecule has 5 heteroatoms. The molecule has 118 valence electrons. The van der Waals surface area contributed by atoms with Gasteiger partial charge in [0.25, 0.3) is 0 Å². The van der Waals surface area contributed by atoms with Gasteiger partial charge in [-0.3, -0.25) is 4.79 Å². The van der Waals surface area contributed by atoms with E-state index in [4.69, 9.17) is 5.11 Å². The second kappa shape index (κ2) is 11.6. The summed E-state index contributed by atoms with van der Waals surface area (Å²) < 4.78 is 0. The highest BCUT2D eigenvalue weighted by Gasteiger charge is 2.13. The number of carboxylic acid groups (broad SMARTS) is 1. The Bertz CT molecular complexity index is 282. The Kier molecular flexibility index (Phi) is 10.8. The Labute approximate surface area is 122 Å². The van der Waals surface area contributed by atoms with Crippen LogP contribution in [-0.2, 0) is 4.79 Å². The molecule has 0 spiro atoms. The molecule has 2 amide bonds. The van der Waals surface area contributed by atoms with E-state index >= 15 is 0 Å². The molecule has 0 aliphatic rings. The van der Waals surface area contributed by atoms with Gasteiger partial charge < -0.3 is 15.7 Å². The highest BCUT2D eigenvalue weighted by molar-refractivity contribution is 5.74. The van der Waals surface area contributed by atoms with Crippen molar-refractivity contribution in [3.05, 3.63) is 0 Å². The molecule has 0 saturated heterocycles. The van der Waals surface area contributed by atoms with Crippen LogP contribution in [-0.4, -0.2) is 30.2 Å². The maximum Gasteiger partial charge on any atom is 0.314 e. The number of carbonyl (C=O) groups excluding carboxylic acids is 1. The van der Waals surface area contributed by atoms with Crippen LogP contribution < -0.4 is 10.6 Å². The summed E-state index contributed by atoms with van der Waals surface area (Å²) >= 11 is 0. The summed E-state index contributed by atoms with van der Waals surface area (Å²) in [5.41, 5.74) is 0. The minimum Gasteiger partial charge on any atom is -0.481 e. The molecular formula is C15H30N2O3. The predicted molar refractivity (Wildman–Crippen MR) is 80.7 cm³/mol. The number of urea groups is 1. The normalized spacial score (nSPS) is 13.6. The minimum absolute atomic E-state index is 0.000290. The first-order valence-electron chi connectivity index (χ1n) is 7.76. The lowest BCUT2D eigenvalue weighted by molar-refractivity contribution is -0.138. The van der Waals surface area contributed by atoms with E-state index in [-0.39, 0.29) is 18.4 Å². The Morgan fingerprint density at radius 3 is 2.00 bits per heavy atom. The summed E-state index contributed by atoms with van der Waals surface area (Å²) in [6.07, 6.45) is 5.43. The van der Waals surface area contributed by atoms with Crippen molar-refractivity contribution in [1.29, 1.82) is 0 Å². The molecule has 0 bridgehead atoms. The second-order valence-electron chi connectivity index (χ2n) is 5.38. The zero-order valence-electron chi connectivity index (χ0n) is 13.1. The highest BCUT2D eigenvalue weighted by Crippen LogP contribution is 2.11. The molecule has 2 atom stereocenters. The lowest BCUT2D eigenvalue weighted by atomic mass is 9.99. The maximum absolute atomic E-state index is 11.7. The fourth-order valence-corrected chi connectivity index (χ4v) is 2.09. The molecule has 5 nitrogen and oxygen atoms in total. The topological polar surface area (TPSA) is 78.4 Å². The van der Waals surface area contributed by atoms with Crippen molar-refractivity contribution in [3.63, 3.8) is 0 Å². The van der Waals surface area contributed by atoms with E-state index in [0.717, 1.165) is 19.3 Å². The smallest absolute Gasteiger partial charge is 0.314 e. The average molecular weight is 286 g/mol. The van der Waals surface area contributed by atoms with E-state index < -0.39 is 5.97 Å². The van der Waals surface area contributed by atoms with Crippen molar-refractivity contribution >= 4 is 12.0 Å². The zero-order valence-corrected chi connectivity index (χ0v) is 13.1. The van der Waals surface area contributed by atoms with Gasteiger partial charge in [0.2, 0.25) is 0 Å². The van der Waals surface area contributed by atoms with E-state index in [1.54, 1.807) is 0 Å². The van der Waals surface area contributed by atoms with E-state index in [9.17, 15) is 9.59 Å². The number of rotatable bonds is 11. The molecule has 3 N–H and O–H groups in total. The van der Waals surface area contributed by atoms with E-state index in [1.165, 1.54) is 12.8 Å². The minimum atomic E-state index is -0.815. The second-order valence-corrected chi connectivity index (χ2v) is 5.38. The molecule has 0 aromatic carbocycles. The Morgan fingerprint density at radius 2 is 1.55 bits per heavy atom. The lowest BCUT2D eigenvalue weighted by Gasteiger charge is -2.17. The van der Waals surface area contributed by atoms with Crippen LogP contribution in [0.2, 0.25) is 0 Å². The fourth-order valence-electron chi connectivity index (χ4n) is 2.09. The fraction of sp³-hybridized carbons (Fsp3) is 0.867. The SMILES string of the molecule is CCCCC(CC)CNC(=O)NCC(CC)CC(=O)O. The molecule has 20 heavy (non-hydrogen) atoms. The first-order chi connectivity index (χ1) is 9.53. The monoisotopic (exact) mass is 286 g/mol. The Balaban J connectivity index is 3.88. The number of carbonyl (C=O) groups is 2. The largest absolute Gasteiger partial charge is 0.481 e. The third-order valence-electron chi connectivity index (χ3n) is 3.69. The summed E-state index contributed by atoms with van der Waals surface area (Å²) in [5.74, 6) is -0.285. The van der Waals surface area contributed by atoms with Crippen LogP contribution >= 0.6 is 0 Å². The highest BCUT2D eigenvalue weighted by atomic mass is 16.4. The number of hydrogen-bond acceptors (Lipinski definition) is 2. The number of nitrogens with one attached hydrogen (secondary N) is 2. The molecule has 0 saturated carbocycles. The van der Waals surface area contributed by atoms with Crippen molar-refractivity contribution in [2.75, 3.05) is 13.1 Å². The van der Waals surface area contributed by atoms with Crippen molar-refractivity contribution < 1.29 is 14.7 Å². The molecule has 0 rings (SSSR count). The maximum atomic E-state index is 11.7. The van der Waals surface area contributed by atoms with Gasteiger partial charge in [0.15, 0.2) is 0 Å². The summed E-state index contributed by atoms with van der Waals surface area (Å²) in [7, 11) is 0. The number of amides is 2. The van der Waals surface area contributed by atoms with Gasteiger partial charge in [-0.05, 0) is 18.3 Å². The van der Waals surface area contributed by atoms with E-state index in [2.05, 4.69) is 24.5 Å². The summed E-state index contributed by atoms with van der Waals surface area (Å²) in [6, 6.07) is -0.191. The number of aliphatic carboxylic acids is 1. The predicted octanol–water partition coefficient (Wildman–Crippen LogP) is 3.00. The third-order valence-corrected chi connectivity index (χ3v) is 3.69. The first-order valence-corrected chi connectivity index (χ1v) is 7.76. The van der Waals surface area contributed by atoms with Crippen molar-refractivity contribution in [2.24, 2.45) is 11.8 Å². The summed E-state index contributed by atoms with van der Waals surface area (Å²) in [4.78, 5) is 22.3. The Hall–Kier alpha value is -1.26. The van der Waals surface area contributed by atoms with Crippen molar-refractivity contribution in [3.8, 4) is 0 Å². The third kappa shape index (κ3) is 9.64. The molecule has 0 aliphatic carbocycles. The van der Waals surface area contributed by atoms with Crippen molar-refractivity contribution in [2.45, 2.75) is 59.3 Å². The zero-order chi connectivity index (χ0) is 15.4.